The average molecular weight is 236 g/mol. The van der Waals surface area contributed by atoms with E-state index in [9.17, 15) is 0 Å². The van der Waals surface area contributed by atoms with Crippen LogP contribution in [0.5, 0.6) is 0 Å². The number of nitrogens with zero attached hydrogens (tertiary/aromatic N) is 1. The third kappa shape index (κ3) is 2.42. The maximum atomic E-state index is 8.62. The van der Waals surface area contributed by atoms with Crippen molar-refractivity contribution in [2.45, 2.75) is 30.6 Å². The molecule has 0 atom stereocenters. The molecule has 0 radical (unpaired) electrons. The zero-order valence-electron chi connectivity index (χ0n) is 9.45. The number of furan rings is 1. The molecule has 0 amide bonds. The largest absolute Gasteiger partial charge is 0.449 e. The monoisotopic (exact) mass is 236 g/mol. The molecule has 16 heavy (non-hydrogen) atoms. The summed E-state index contributed by atoms with van der Waals surface area (Å²) in [6.45, 7) is 1.74. The minimum Gasteiger partial charge on any atom is -0.449 e. The summed E-state index contributed by atoms with van der Waals surface area (Å²) in [6.07, 6.45) is 6.15. The first-order valence-electron chi connectivity index (χ1n) is 5.53. The van der Waals surface area contributed by atoms with Gasteiger partial charge in [-0.1, -0.05) is 6.42 Å². The molecule has 1 N–H and O–H groups in total. The molecule has 1 saturated carbocycles. The minimum absolute atomic E-state index is 0.389. The molecule has 1 aromatic rings. The van der Waals surface area contributed by atoms with Gasteiger partial charge in [0, 0.05) is 11.3 Å². The van der Waals surface area contributed by atoms with E-state index < -0.39 is 0 Å². The van der Waals surface area contributed by atoms with Crippen LogP contribution in [0.25, 0.3) is 0 Å². The molecule has 4 heteroatoms. The zero-order chi connectivity index (χ0) is 11.4. The number of hydrogen-bond acceptors (Lipinski definition) is 4. The third-order valence-electron chi connectivity index (χ3n) is 3.22. The van der Waals surface area contributed by atoms with Gasteiger partial charge in [0.2, 0.25) is 5.76 Å². The number of nitriles is 1. The molecule has 0 spiro atoms. The summed E-state index contributed by atoms with van der Waals surface area (Å²) in [5, 5.41) is 12.0. The van der Waals surface area contributed by atoms with Gasteiger partial charge < -0.3 is 9.73 Å². The van der Waals surface area contributed by atoms with Gasteiger partial charge in [-0.3, -0.25) is 0 Å². The summed E-state index contributed by atoms with van der Waals surface area (Å²) in [6, 6.07) is 5.56. The minimum atomic E-state index is 0.389. The summed E-state index contributed by atoms with van der Waals surface area (Å²) in [4.78, 5) is 0. The van der Waals surface area contributed by atoms with Gasteiger partial charge in [0.05, 0.1) is 6.54 Å². The molecule has 0 saturated heterocycles. The van der Waals surface area contributed by atoms with Crippen LogP contribution in [-0.2, 0) is 6.54 Å². The Bertz CT molecular complexity index is 384. The molecule has 0 bridgehead atoms. The summed E-state index contributed by atoms with van der Waals surface area (Å²) in [5.41, 5.74) is 0. The van der Waals surface area contributed by atoms with Crippen LogP contribution in [0.1, 0.15) is 30.8 Å². The van der Waals surface area contributed by atoms with Crippen molar-refractivity contribution < 1.29 is 4.42 Å². The van der Waals surface area contributed by atoms with Crippen molar-refractivity contribution in [2.75, 3.05) is 12.8 Å². The summed E-state index contributed by atoms with van der Waals surface area (Å²) in [7, 11) is 0. The van der Waals surface area contributed by atoms with Gasteiger partial charge in [0.1, 0.15) is 11.8 Å². The smallest absolute Gasteiger partial charge is 0.203 e. The summed E-state index contributed by atoms with van der Waals surface area (Å²) in [5.74, 6) is 1.23. The highest BCUT2D eigenvalue weighted by molar-refractivity contribution is 8.00. The van der Waals surface area contributed by atoms with E-state index in [4.69, 9.17) is 9.68 Å². The van der Waals surface area contributed by atoms with Gasteiger partial charge in [0.15, 0.2) is 0 Å². The van der Waals surface area contributed by atoms with Crippen molar-refractivity contribution in [2.24, 2.45) is 0 Å². The second kappa shape index (κ2) is 4.94. The highest BCUT2D eigenvalue weighted by Gasteiger charge is 2.35. The Morgan fingerprint density at radius 1 is 1.56 bits per heavy atom. The standard InChI is InChI=1S/C12H16N2OS/c1-16-12(5-2-6-12)9-14-8-11-4-3-10(7-13)15-11/h3-4,14H,2,5-6,8-9H2,1H3. The van der Waals surface area contributed by atoms with E-state index in [1.807, 2.05) is 23.9 Å². The molecule has 0 unspecified atom stereocenters. The van der Waals surface area contributed by atoms with E-state index >= 15 is 0 Å². The van der Waals surface area contributed by atoms with E-state index in [0.29, 0.717) is 17.1 Å². The average Bonchev–Trinajstić information content (AvgIpc) is 2.70. The lowest BCUT2D eigenvalue weighted by Gasteiger charge is -2.40. The Morgan fingerprint density at radius 3 is 2.88 bits per heavy atom. The fourth-order valence-electron chi connectivity index (χ4n) is 1.97. The maximum absolute atomic E-state index is 8.62. The van der Waals surface area contributed by atoms with Crippen LogP contribution in [0.2, 0.25) is 0 Å². The molecule has 1 aliphatic carbocycles. The lowest BCUT2D eigenvalue weighted by atomic mass is 9.84. The fourth-order valence-corrected chi connectivity index (χ4v) is 2.91. The molecule has 3 nitrogen and oxygen atoms in total. The van der Waals surface area contributed by atoms with Crippen LogP contribution >= 0.6 is 11.8 Å². The van der Waals surface area contributed by atoms with Gasteiger partial charge in [-0.15, -0.1) is 0 Å². The molecule has 1 heterocycles. The lowest BCUT2D eigenvalue weighted by Crippen LogP contribution is -2.43. The highest BCUT2D eigenvalue weighted by Crippen LogP contribution is 2.42. The van der Waals surface area contributed by atoms with Crippen LogP contribution in [0.15, 0.2) is 16.5 Å². The molecule has 86 valence electrons. The molecule has 0 aromatic carbocycles. The molecule has 0 aliphatic heterocycles. The number of rotatable bonds is 5. The van der Waals surface area contributed by atoms with Crippen LogP contribution in [-0.4, -0.2) is 17.5 Å². The van der Waals surface area contributed by atoms with Gasteiger partial charge in [-0.2, -0.15) is 17.0 Å². The van der Waals surface area contributed by atoms with Crippen molar-refractivity contribution in [3.05, 3.63) is 23.7 Å². The van der Waals surface area contributed by atoms with E-state index in [1.165, 1.54) is 19.3 Å². The fraction of sp³-hybridized carbons (Fsp3) is 0.583. The van der Waals surface area contributed by atoms with Crippen molar-refractivity contribution in [3.8, 4) is 6.07 Å². The Kier molecular flexibility index (Phi) is 3.57. The van der Waals surface area contributed by atoms with Gasteiger partial charge >= 0.3 is 0 Å². The van der Waals surface area contributed by atoms with Gasteiger partial charge in [-0.25, -0.2) is 0 Å². The van der Waals surface area contributed by atoms with Gasteiger partial charge in [-0.05, 0) is 31.2 Å². The van der Waals surface area contributed by atoms with Crippen LogP contribution < -0.4 is 5.32 Å². The quantitative estimate of drug-likeness (QED) is 0.853. The van der Waals surface area contributed by atoms with E-state index in [2.05, 4.69) is 11.6 Å². The Balaban J connectivity index is 1.77. The summed E-state index contributed by atoms with van der Waals surface area (Å²) < 4.78 is 5.75. The van der Waals surface area contributed by atoms with E-state index in [-0.39, 0.29) is 0 Å². The topological polar surface area (TPSA) is 49.0 Å². The second-order valence-corrected chi connectivity index (χ2v) is 5.50. The lowest BCUT2D eigenvalue weighted by molar-refractivity contribution is 0.339. The normalized spacial score (nSPS) is 17.8. The van der Waals surface area contributed by atoms with Crippen molar-refractivity contribution in [1.29, 1.82) is 5.26 Å². The Morgan fingerprint density at radius 2 is 2.38 bits per heavy atom. The Hall–Kier alpha value is -0.920. The molecule has 1 aliphatic rings. The van der Waals surface area contributed by atoms with E-state index in [1.54, 1.807) is 6.07 Å². The van der Waals surface area contributed by atoms with Crippen LogP contribution in [0.4, 0.5) is 0 Å². The first kappa shape index (κ1) is 11.6. The molecular formula is C12H16N2OS. The van der Waals surface area contributed by atoms with Crippen LogP contribution in [0, 0.1) is 11.3 Å². The second-order valence-electron chi connectivity index (χ2n) is 4.22. The molecular weight excluding hydrogens is 220 g/mol. The van der Waals surface area contributed by atoms with Crippen molar-refractivity contribution >= 4 is 11.8 Å². The molecule has 1 fully saturated rings. The van der Waals surface area contributed by atoms with Crippen LogP contribution in [0.3, 0.4) is 0 Å². The molecule has 1 aromatic heterocycles. The first-order valence-corrected chi connectivity index (χ1v) is 6.75. The third-order valence-corrected chi connectivity index (χ3v) is 4.63. The first-order chi connectivity index (χ1) is 7.78. The number of hydrogen-bond donors (Lipinski definition) is 1. The molecule has 2 rings (SSSR count). The maximum Gasteiger partial charge on any atom is 0.203 e. The van der Waals surface area contributed by atoms with Crippen molar-refractivity contribution in [1.82, 2.24) is 5.32 Å². The van der Waals surface area contributed by atoms with E-state index in [0.717, 1.165) is 12.3 Å². The highest BCUT2D eigenvalue weighted by atomic mass is 32.2. The zero-order valence-corrected chi connectivity index (χ0v) is 10.3. The van der Waals surface area contributed by atoms with Crippen molar-refractivity contribution in [3.63, 3.8) is 0 Å². The predicted molar refractivity (Wildman–Crippen MR) is 65.2 cm³/mol. The predicted octanol–water partition coefficient (Wildman–Crippen LogP) is 2.53. The number of thioether (sulfide) groups is 1. The Labute approximate surface area is 100 Å². The SMILES string of the molecule is CSC1(CNCc2ccc(C#N)o2)CCC1. The summed E-state index contributed by atoms with van der Waals surface area (Å²) >= 11 is 1.96. The van der Waals surface area contributed by atoms with Gasteiger partial charge in [0.25, 0.3) is 0 Å². The number of nitrogens with one attached hydrogen (secondary N) is 1.